The van der Waals surface area contributed by atoms with Crippen molar-refractivity contribution in [2.45, 2.75) is 82.3 Å². The molecule has 2 saturated heterocycles. The number of carbonyl (C=O) groups is 2. The fourth-order valence-electron chi connectivity index (χ4n) is 7.13. The second-order valence-corrected chi connectivity index (χ2v) is 16.1. The molecular formula is C30H39N3O7Si. The zero-order chi connectivity index (χ0) is 29.5. The first-order valence-corrected chi connectivity index (χ1v) is 17.5. The molecule has 220 valence electrons. The van der Waals surface area contributed by atoms with Crippen molar-refractivity contribution in [1.29, 1.82) is 0 Å². The maximum absolute atomic E-state index is 14.4. The van der Waals surface area contributed by atoms with Gasteiger partial charge in [0.15, 0.2) is 13.9 Å². The van der Waals surface area contributed by atoms with Crippen molar-refractivity contribution < 1.29 is 29.2 Å². The van der Waals surface area contributed by atoms with E-state index in [-0.39, 0.29) is 42.6 Å². The summed E-state index contributed by atoms with van der Waals surface area (Å²) in [5.41, 5.74) is 0.633. The van der Waals surface area contributed by atoms with Crippen molar-refractivity contribution in [2.24, 2.45) is 5.92 Å². The molecule has 4 atom stereocenters. The Labute approximate surface area is 241 Å². The van der Waals surface area contributed by atoms with Gasteiger partial charge < -0.3 is 24.4 Å². The summed E-state index contributed by atoms with van der Waals surface area (Å²) in [4.78, 5) is 53.0. The summed E-state index contributed by atoms with van der Waals surface area (Å²) in [5.74, 6) is -0.670. The Morgan fingerprint density at radius 3 is 2.46 bits per heavy atom. The standard InChI is InChI=1S/C30H39N3O7Si/c1-20-28(41(2,3)39)26(15-17-34)40-30(20)24-18-23(33(37)38)13-14-25(24)32(29(30)36)19-21-9-11-22(12-10-21)31-16-7-5-4-6-8-27(31)35/h9-14,18,20,26,28,34,39H,4-8,15-17,19H2,1-3H3/t20-,26+,28-,30+/m0/s1. The molecule has 2 aromatic rings. The third-order valence-corrected chi connectivity index (χ3v) is 11.5. The highest BCUT2D eigenvalue weighted by Gasteiger charge is 2.66. The number of nitrogens with zero attached hydrogens (tertiary/aromatic N) is 3. The van der Waals surface area contributed by atoms with E-state index in [0.29, 0.717) is 24.2 Å². The molecule has 0 aliphatic carbocycles. The molecule has 41 heavy (non-hydrogen) atoms. The van der Waals surface area contributed by atoms with Gasteiger partial charge >= 0.3 is 0 Å². The Balaban J connectivity index is 1.50. The van der Waals surface area contributed by atoms with E-state index in [4.69, 9.17) is 4.74 Å². The molecule has 0 aromatic heterocycles. The van der Waals surface area contributed by atoms with Crippen LogP contribution in [0.5, 0.6) is 0 Å². The van der Waals surface area contributed by atoms with E-state index < -0.39 is 30.9 Å². The molecule has 2 N–H and O–H groups in total. The van der Waals surface area contributed by atoms with Crippen LogP contribution in [0.25, 0.3) is 0 Å². The van der Waals surface area contributed by atoms with Crippen molar-refractivity contribution in [3.63, 3.8) is 0 Å². The van der Waals surface area contributed by atoms with E-state index in [1.54, 1.807) is 24.1 Å². The van der Waals surface area contributed by atoms with Crippen LogP contribution in [0, 0.1) is 16.0 Å². The highest BCUT2D eigenvalue weighted by atomic mass is 28.4. The van der Waals surface area contributed by atoms with Gasteiger partial charge in [-0.3, -0.25) is 19.7 Å². The maximum Gasteiger partial charge on any atom is 0.269 e. The van der Waals surface area contributed by atoms with Crippen LogP contribution < -0.4 is 9.80 Å². The predicted molar refractivity (Wildman–Crippen MR) is 157 cm³/mol. The van der Waals surface area contributed by atoms with Crippen molar-refractivity contribution in [3.8, 4) is 0 Å². The smallest absolute Gasteiger partial charge is 0.269 e. The van der Waals surface area contributed by atoms with E-state index >= 15 is 0 Å². The second kappa shape index (κ2) is 11.3. The largest absolute Gasteiger partial charge is 0.432 e. The number of aliphatic hydroxyl groups excluding tert-OH is 1. The third kappa shape index (κ3) is 5.20. The molecule has 0 unspecified atom stereocenters. The molecule has 1 spiro atoms. The summed E-state index contributed by atoms with van der Waals surface area (Å²) < 4.78 is 6.53. The molecule has 11 heteroatoms. The number of anilines is 2. The van der Waals surface area contributed by atoms with Crippen LogP contribution in [0.2, 0.25) is 18.6 Å². The van der Waals surface area contributed by atoms with Gasteiger partial charge in [0.2, 0.25) is 5.91 Å². The SMILES string of the molecule is C[C@H]1[C@H]([Si](C)(C)O)[C@@H](CCO)O[C@]12C(=O)N(Cc1ccc(N3CCCCCCC3=O)cc1)c1ccc([N+](=O)[O-])cc12. The fourth-order valence-corrected chi connectivity index (χ4v) is 9.73. The lowest BCUT2D eigenvalue weighted by molar-refractivity contribution is -0.385. The number of non-ortho nitro benzene ring substituents is 1. The number of aliphatic hydroxyl groups is 1. The summed E-state index contributed by atoms with van der Waals surface area (Å²) in [7, 11) is -2.87. The van der Waals surface area contributed by atoms with Gasteiger partial charge in [-0.05, 0) is 56.1 Å². The number of nitro benzene ring substituents is 1. The molecule has 0 radical (unpaired) electrons. The van der Waals surface area contributed by atoms with Crippen molar-refractivity contribution in [2.75, 3.05) is 23.0 Å². The van der Waals surface area contributed by atoms with Crippen LogP contribution in [-0.4, -0.2) is 54.2 Å². The average molecular weight is 582 g/mol. The fraction of sp³-hybridized carbons (Fsp3) is 0.533. The van der Waals surface area contributed by atoms with Gasteiger partial charge in [0.25, 0.3) is 11.6 Å². The van der Waals surface area contributed by atoms with Crippen LogP contribution in [0.1, 0.15) is 56.6 Å². The second-order valence-electron chi connectivity index (χ2n) is 12.1. The highest BCUT2D eigenvalue weighted by Crippen LogP contribution is 2.60. The van der Waals surface area contributed by atoms with Crippen LogP contribution in [0.3, 0.4) is 0 Å². The van der Waals surface area contributed by atoms with Gasteiger partial charge in [-0.2, -0.15) is 0 Å². The maximum atomic E-state index is 14.4. The molecule has 0 bridgehead atoms. The first-order valence-electron chi connectivity index (χ1n) is 14.5. The van der Waals surface area contributed by atoms with Gasteiger partial charge in [0.05, 0.1) is 23.3 Å². The summed E-state index contributed by atoms with van der Waals surface area (Å²) in [6, 6.07) is 12.0. The number of hydrogen-bond acceptors (Lipinski definition) is 7. The number of rotatable bonds is 7. The quantitative estimate of drug-likeness (QED) is 0.277. The number of amides is 2. The normalized spacial score (nSPS) is 26.8. The average Bonchev–Trinajstić information content (AvgIpc) is 3.34. The molecule has 10 nitrogen and oxygen atoms in total. The summed E-state index contributed by atoms with van der Waals surface area (Å²) in [5, 5.41) is 21.5. The number of fused-ring (bicyclic) bond motifs is 2. The highest BCUT2D eigenvalue weighted by molar-refractivity contribution is 6.71. The Bertz CT molecular complexity index is 1330. The molecular weight excluding hydrogens is 542 g/mol. The van der Waals surface area contributed by atoms with E-state index in [2.05, 4.69) is 0 Å². The molecule has 2 aromatic carbocycles. The Kier molecular flexibility index (Phi) is 8.08. The molecule has 2 fully saturated rings. The van der Waals surface area contributed by atoms with Crippen molar-refractivity contribution in [1.82, 2.24) is 0 Å². The Hall–Kier alpha value is -3.12. The summed E-state index contributed by atoms with van der Waals surface area (Å²) >= 11 is 0. The Morgan fingerprint density at radius 2 is 1.80 bits per heavy atom. The van der Waals surface area contributed by atoms with Gasteiger partial charge in [-0.25, -0.2) is 0 Å². The number of ether oxygens (including phenoxy) is 1. The number of nitro groups is 1. The molecule has 3 aliphatic rings. The van der Waals surface area contributed by atoms with Crippen LogP contribution in [-0.2, 0) is 26.5 Å². The van der Waals surface area contributed by atoms with E-state index in [0.717, 1.165) is 36.9 Å². The van der Waals surface area contributed by atoms with Gasteiger partial charge in [-0.1, -0.05) is 31.9 Å². The number of carbonyl (C=O) groups excluding carboxylic acids is 2. The summed E-state index contributed by atoms with van der Waals surface area (Å²) in [6.07, 6.45) is 4.28. The number of benzene rings is 2. The van der Waals surface area contributed by atoms with Gasteiger partial charge in [0.1, 0.15) is 0 Å². The molecule has 3 aliphatic heterocycles. The number of hydrogen-bond donors (Lipinski definition) is 2. The predicted octanol–water partition coefficient (Wildman–Crippen LogP) is 4.62. The molecule has 2 amide bonds. The topological polar surface area (TPSA) is 133 Å². The minimum absolute atomic E-state index is 0.124. The minimum atomic E-state index is -2.87. The minimum Gasteiger partial charge on any atom is -0.432 e. The molecule has 3 heterocycles. The third-order valence-electron chi connectivity index (χ3n) is 9.00. The van der Waals surface area contributed by atoms with Crippen LogP contribution in [0.4, 0.5) is 17.1 Å². The first-order chi connectivity index (χ1) is 19.5. The van der Waals surface area contributed by atoms with Crippen molar-refractivity contribution >= 4 is 37.2 Å². The molecule has 0 saturated carbocycles. The zero-order valence-corrected chi connectivity index (χ0v) is 24.9. The van der Waals surface area contributed by atoms with E-state index in [1.807, 2.05) is 36.1 Å². The monoisotopic (exact) mass is 581 g/mol. The van der Waals surface area contributed by atoms with Crippen molar-refractivity contribution in [3.05, 3.63) is 63.7 Å². The lowest BCUT2D eigenvalue weighted by atomic mass is 9.82. The zero-order valence-electron chi connectivity index (χ0n) is 23.9. The van der Waals surface area contributed by atoms with Crippen LogP contribution >= 0.6 is 0 Å². The van der Waals surface area contributed by atoms with Gasteiger partial charge in [-0.15, -0.1) is 0 Å². The van der Waals surface area contributed by atoms with Gasteiger partial charge in [0, 0.05) is 54.4 Å². The van der Waals surface area contributed by atoms with Crippen LogP contribution in [0.15, 0.2) is 42.5 Å². The lowest BCUT2D eigenvalue weighted by Gasteiger charge is -2.32. The van der Waals surface area contributed by atoms with E-state index in [9.17, 15) is 29.6 Å². The Morgan fingerprint density at radius 1 is 1.10 bits per heavy atom. The van der Waals surface area contributed by atoms with E-state index in [1.165, 1.54) is 12.1 Å². The molecule has 5 rings (SSSR count). The summed E-state index contributed by atoms with van der Waals surface area (Å²) in [6.45, 7) is 6.19. The first kappa shape index (κ1) is 29.4. The lowest BCUT2D eigenvalue weighted by Crippen LogP contribution is -2.46.